The average molecular weight is 877 g/mol. The SMILES string of the molecule is CCCCC/C=C/C=C/C(O)C/C=C/C=C/C(=O)O[C@@H]1[C@@H](O)[C@H](c2c(O)cc(O)cc2CO)O[C@@H](CO)[C@H]1O[C@@H]1O[C@@H](C(O)COC(=O)/C=C/C=C\CCC(O)CC)[C@H](O)[C@H]1O. The molecule has 0 aromatic heterocycles. The second-order valence-electron chi connectivity index (χ2n) is 14.9. The fraction of sp³-hybridized carbons (Fsp3) is 0.556. The molecular weight excluding hydrogens is 812 g/mol. The van der Waals surface area contributed by atoms with Gasteiger partial charge >= 0.3 is 11.9 Å². The maximum atomic E-state index is 13.2. The first-order valence-electron chi connectivity index (χ1n) is 20.9. The van der Waals surface area contributed by atoms with Gasteiger partial charge in [-0.2, -0.15) is 0 Å². The zero-order valence-electron chi connectivity index (χ0n) is 35.1. The molecule has 0 aliphatic carbocycles. The van der Waals surface area contributed by atoms with Crippen molar-refractivity contribution in [2.75, 3.05) is 13.2 Å². The predicted octanol–water partition coefficient (Wildman–Crippen LogP) is 2.25. The van der Waals surface area contributed by atoms with Gasteiger partial charge in [0.2, 0.25) is 0 Å². The lowest BCUT2D eigenvalue weighted by Crippen LogP contribution is -2.59. The molecule has 10 N–H and O–H groups in total. The molecule has 2 saturated heterocycles. The molecule has 346 valence electrons. The van der Waals surface area contributed by atoms with E-state index in [1.807, 2.05) is 19.1 Å². The molecule has 0 amide bonds. The highest BCUT2D eigenvalue weighted by Crippen LogP contribution is 2.42. The molecule has 17 nitrogen and oxygen atoms in total. The zero-order chi connectivity index (χ0) is 45.6. The Morgan fingerprint density at radius 3 is 2.19 bits per heavy atom. The largest absolute Gasteiger partial charge is 0.508 e. The summed E-state index contributed by atoms with van der Waals surface area (Å²) in [6, 6.07) is 2.04. The number of carbonyl (C=O) groups is 2. The topological polar surface area (TPSA) is 283 Å². The summed E-state index contributed by atoms with van der Waals surface area (Å²) in [7, 11) is 0. The van der Waals surface area contributed by atoms with Crippen molar-refractivity contribution in [2.24, 2.45) is 0 Å². The third-order valence-corrected chi connectivity index (χ3v) is 10.1. The van der Waals surface area contributed by atoms with Gasteiger partial charge in [-0.05, 0) is 50.2 Å². The molecule has 62 heavy (non-hydrogen) atoms. The van der Waals surface area contributed by atoms with Gasteiger partial charge in [-0.3, -0.25) is 0 Å². The van der Waals surface area contributed by atoms with E-state index in [0.29, 0.717) is 19.3 Å². The van der Waals surface area contributed by atoms with Gasteiger partial charge in [0.25, 0.3) is 0 Å². The van der Waals surface area contributed by atoms with Crippen LogP contribution in [0, 0.1) is 0 Å². The van der Waals surface area contributed by atoms with E-state index in [-0.39, 0.29) is 17.5 Å². The number of aliphatic hydroxyl groups excluding tert-OH is 8. The van der Waals surface area contributed by atoms with Gasteiger partial charge in [0.1, 0.15) is 66.9 Å². The minimum absolute atomic E-state index is 0.0666. The molecule has 2 heterocycles. The Morgan fingerprint density at radius 2 is 1.50 bits per heavy atom. The standard InChI is InChI=1S/C45H64O17/c1-3-5-6-7-8-9-14-19-30(49)20-15-12-17-22-36(54)60-44-40(57)43(37-28(25-46)23-31(50)24-32(37)51)59-34(26-47)42(44)62-45-39(56)38(55)41(61-45)33(52)27-58-35(53)21-16-11-10-13-18-29(48)4-2/h8-12,14-17,19,21-24,29-30,33-34,38-52,55-57H,3-7,13,18,20,25-27H2,1-2H3/b9-8+,11-10-,15-12+,19-14+,21-16+,22-17+/t29?,30?,33?,34-,38+,39+,40-,41-,42+,43-,44+,45-/m0/s1. The Balaban J connectivity index is 1.74. The second-order valence-corrected chi connectivity index (χ2v) is 14.9. The number of benzene rings is 1. The van der Waals surface area contributed by atoms with Crippen molar-refractivity contribution in [1.29, 1.82) is 0 Å². The summed E-state index contributed by atoms with van der Waals surface area (Å²) in [6.07, 6.45) is 6.51. The van der Waals surface area contributed by atoms with Crippen LogP contribution in [-0.4, -0.2) is 144 Å². The van der Waals surface area contributed by atoms with E-state index in [1.165, 1.54) is 18.2 Å². The summed E-state index contributed by atoms with van der Waals surface area (Å²) in [4.78, 5) is 25.4. The lowest BCUT2D eigenvalue weighted by molar-refractivity contribution is -0.294. The van der Waals surface area contributed by atoms with Crippen LogP contribution in [0.2, 0.25) is 0 Å². The maximum absolute atomic E-state index is 13.2. The van der Waals surface area contributed by atoms with Crippen molar-refractivity contribution in [3.05, 3.63) is 96.2 Å². The molecule has 2 aliphatic rings. The van der Waals surface area contributed by atoms with Crippen LogP contribution >= 0.6 is 0 Å². The number of hydrogen-bond donors (Lipinski definition) is 10. The summed E-state index contributed by atoms with van der Waals surface area (Å²) in [5.74, 6) is -2.88. The molecule has 12 atom stereocenters. The van der Waals surface area contributed by atoms with Gasteiger partial charge in [-0.15, -0.1) is 0 Å². The first-order chi connectivity index (χ1) is 29.8. The van der Waals surface area contributed by atoms with Crippen LogP contribution in [0.25, 0.3) is 0 Å². The molecule has 0 radical (unpaired) electrons. The number of allylic oxidation sites excluding steroid dienone is 8. The quantitative estimate of drug-likeness (QED) is 0.0292. The van der Waals surface area contributed by atoms with Crippen LogP contribution < -0.4 is 0 Å². The lowest BCUT2D eigenvalue weighted by Gasteiger charge is -2.44. The number of ether oxygens (including phenoxy) is 5. The molecule has 1 aromatic carbocycles. The molecule has 3 unspecified atom stereocenters. The van der Waals surface area contributed by atoms with Gasteiger partial charge in [-0.1, -0.05) is 87.4 Å². The maximum Gasteiger partial charge on any atom is 0.331 e. The van der Waals surface area contributed by atoms with Gasteiger partial charge in [0, 0.05) is 23.8 Å². The summed E-state index contributed by atoms with van der Waals surface area (Å²) in [5, 5.41) is 105. The van der Waals surface area contributed by atoms with E-state index >= 15 is 0 Å². The summed E-state index contributed by atoms with van der Waals surface area (Å²) in [6.45, 7) is 1.73. The molecule has 1 aromatic rings. The minimum Gasteiger partial charge on any atom is -0.508 e. The normalized spacial score (nSPS) is 27.4. The van der Waals surface area contributed by atoms with Crippen LogP contribution in [0.3, 0.4) is 0 Å². The molecule has 0 spiro atoms. The van der Waals surface area contributed by atoms with Gasteiger partial charge in [0.05, 0.1) is 25.4 Å². The first-order valence-corrected chi connectivity index (χ1v) is 20.9. The van der Waals surface area contributed by atoms with Crippen molar-refractivity contribution < 1.29 is 84.3 Å². The molecule has 2 aliphatic heterocycles. The minimum atomic E-state index is -1.91. The highest BCUT2D eigenvalue weighted by molar-refractivity contribution is 5.82. The van der Waals surface area contributed by atoms with Gasteiger partial charge < -0.3 is 74.7 Å². The number of carbonyl (C=O) groups excluding carboxylic acids is 2. The summed E-state index contributed by atoms with van der Waals surface area (Å²) < 4.78 is 28.2. The van der Waals surface area contributed by atoms with Crippen LogP contribution in [0.1, 0.15) is 82.4 Å². The van der Waals surface area contributed by atoms with E-state index in [9.17, 15) is 60.7 Å². The Morgan fingerprint density at radius 1 is 0.806 bits per heavy atom. The number of phenolic OH excluding ortho intramolecular Hbond substituents is 2. The molecule has 2 fully saturated rings. The number of esters is 2. The van der Waals surface area contributed by atoms with Crippen LogP contribution in [0.15, 0.2) is 85.0 Å². The van der Waals surface area contributed by atoms with E-state index < -0.39 is 117 Å². The lowest BCUT2D eigenvalue weighted by atomic mass is 9.88. The zero-order valence-corrected chi connectivity index (χ0v) is 35.1. The molecule has 3 rings (SSSR count). The van der Waals surface area contributed by atoms with Gasteiger partial charge in [-0.25, -0.2) is 9.59 Å². The van der Waals surface area contributed by atoms with Crippen LogP contribution in [-0.2, 0) is 39.9 Å². The fourth-order valence-electron chi connectivity index (χ4n) is 6.68. The number of unbranched alkanes of at least 4 members (excludes halogenated alkanes) is 3. The first kappa shape index (κ1) is 52.1. The Hall–Kier alpha value is -4.24. The number of rotatable bonds is 25. The Labute approximate surface area is 361 Å². The second kappa shape index (κ2) is 27.7. The average Bonchev–Trinajstić information content (AvgIpc) is 3.53. The third kappa shape index (κ3) is 16.5. The summed E-state index contributed by atoms with van der Waals surface area (Å²) in [5.41, 5.74) is -0.264. The van der Waals surface area contributed by atoms with Crippen molar-refractivity contribution in [3.63, 3.8) is 0 Å². The fourth-order valence-corrected chi connectivity index (χ4v) is 6.68. The number of hydrogen-bond acceptors (Lipinski definition) is 17. The smallest absolute Gasteiger partial charge is 0.331 e. The predicted molar refractivity (Wildman–Crippen MR) is 224 cm³/mol. The van der Waals surface area contributed by atoms with E-state index in [2.05, 4.69) is 6.92 Å². The number of aliphatic hydroxyl groups is 8. The number of aromatic hydroxyl groups is 2. The van der Waals surface area contributed by atoms with Crippen molar-refractivity contribution >= 4 is 11.9 Å². The van der Waals surface area contributed by atoms with Crippen molar-refractivity contribution in [3.8, 4) is 11.5 Å². The van der Waals surface area contributed by atoms with Crippen LogP contribution in [0.5, 0.6) is 11.5 Å². The van der Waals surface area contributed by atoms with E-state index in [4.69, 9.17) is 23.7 Å². The van der Waals surface area contributed by atoms with Crippen molar-refractivity contribution in [1.82, 2.24) is 0 Å². The highest BCUT2D eigenvalue weighted by Gasteiger charge is 2.54. The van der Waals surface area contributed by atoms with E-state index in [0.717, 1.165) is 50.0 Å². The molecule has 17 heteroatoms. The molecule has 0 saturated carbocycles. The Bertz CT molecular complexity index is 1690. The number of phenols is 2. The molecular formula is C45H64O17. The Kier molecular flexibility index (Phi) is 23.3. The monoisotopic (exact) mass is 876 g/mol. The third-order valence-electron chi connectivity index (χ3n) is 10.1. The van der Waals surface area contributed by atoms with Crippen LogP contribution in [0.4, 0.5) is 0 Å². The summed E-state index contributed by atoms with van der Waals surface area (Å²) >= 11 is 0. The molecule has 0 bridgehead atoms. The van der Waals surface area contributed by atoms with Gasteiger partial charge in [0.15, 0.2) is 12.4 Å². The van der Waals surface area contributed by atoms with E-state index in [1.54, 1.807) is 30.4 Å². The highest BCUT2D eigenvalue weighted by atomic mass is 16.7. The van der Waals surface area contributed by atoms with Crippen molar-refractivity contribution in [2.45, 2.75) is 145 Å².